The molecule has 1 atom stereocenters. The van der Waals surface area contributed by atoms with E-state index in [0.717, 1.165) is 17.8 Å². The first kappa shape index (κ1) is 12.4. The van der Waals surface area contributed by atoms with Gasteiger partial charge in [0, 0.05) is 5.56 Å². The number of hydrogen-bond acceptors (Lipinski definition) is 3. The molecule has 0 spiro atoms. The first-order chi connectivity index (χ1) is 7.02. The highest BCUT2D eigenvalue weighted by Gasteiger charge is 2.21. The molecule has 1 rings (SSSR count). The van der Waals surface area contributed by atoms with Crippen molar-refractivity contribution < 1.29 is 18.3 Å². The van der Waals surface area contributed by atoms with Crippen LogP contribution in [0.4, 0.5) is 13.2 Å². The predicted octanol–water partition coefficient (Wildman–Crippen LogP) is 1.82. The highest BCUT2D eigenvalue weighted by molar-refractivity contribution is 7.98. The van der Waals surface area contributed by atoms with Gasteiger partial charge in [0.2, 0.25) is 0 Å². The molecular weight excluding hydrogens is 227 g/mol. The van der Waals surface area contributed by atoms with Gasteiger partial charge < -0.3 is 10.8 Å². The summed E-state index contributed by atoms with van der Waals surface area (Å²) in [5.74, 6) is -3.34. The topological polar surface area (TPSA) is 46.2 Å². The molecule has 1 aromatic rings. The first-order valence-corrected chi connectivity index (χ1v) is 5.33. The van der Waals surface area contributed by atoms with Crippen LogP contribution in [0, 0.1) is 17.5 Å². The van der Waals surface area contributed by atoms with E-state index in [1.165, 1.54) is 6.26 Å². The average molecular weight is 237 g/mol. The lowest BCUT2D eigenvalue weighted by Gasteiger charge is -2.12. The second-order valence-corrected chi connectivity index (χ2v) is 3.71. The Morgan fingerprint density at radius 3 is 2.47 bits per heavy atom. The lowest BCUT2D eigenvalue weighted by molar-refractivity contribution is 0.263. The van der Waals surface area contributed by atoms with Crippen molar-refractivity contribution in [3.8, 4) is 0 Å². The van der Waals surface area contributed by atoms with Crippen molar-refractivity contribution in [2.24, 2.45) is 5.73 Å². The van der Waals surface area contributed by atoms with Crippen LogP contribution in [0.2, 0.25) is 0 Å². The molecule has 0 fully saturated rings. The Kier molecular flexibility index (Phi) is 4.01. The number of nitrogens with two attached hydrogens (primary N) is 1. The quantitative estimate of drug-likeness (QED) is 0.622. The van der Waals surface area contributed by atoms with Gasteiger partial charge in [-0.05, 0) is 12.3 Å². The second-order valence-electron chi connectivity index (χ2n) is 2.90. The van der Waals surface area contributed by atoms with Crippen molar-refractivity contribution in [1.82, 2.24) is 0 Å². The molecule has 0 aliphatic rings. The fourth-order valence-corrected chi connectivity index (χ4v) is 1.67. The highest BCUT2D eigenvalue weighted by atomic mass is 32.2. The van der Waals surface area contributed by atoms with Crippen LogP contribution in [0.15, 0.2) is 11.0 Å². The molecule has 2 nitrogen and oxygen atoms in total. The van der Waals surface area contributed by atoms with Crippen LogP contribution in [0.3, 0.4) is 0 Å². The van der Waals surface area contributed by atoms with Crippen LogP contribution >= 0.6 is 11.8 Å². The minimum atomic E-state index is -1.26. The molecular formula is C9H10F3NOS. The molecule has 0 aliphatic carbocycles. The number of aliphatic hydroxyl groups is 1. The van der Waals surface area contributed by atoms with E-state index in [2.05, 4.69) is 0 Å². The predicted molar refractivity (Wildman–Crippen MR) is 52.1 cm³/mol. The van der Waals surface area contributed by atoms with Crippen molar-refractivity contribution in [1.29, 1.82) is 0 Å². The van der Waals surface area contributed by atoms with Gasteiger partial charge in [0.05, 0.1) is 17.5 Å². The molecule has 6 heteroatoms. The molecule has 0 aliphatic heterocycles. The van der Waals surface area contributed by atoms with Gasteiger partial charge in [-0.1, -0.05) is 0 Å². The summed E-state index contributed by atoms with van der Waals surface area (Å²) in [6.45, 7) is -0.575. The molecule has 0 aromatic heterocycles. The third kappa shape index (κ3) is 2.27. The van der Waals surface area contributed by atoms with Gasteiger partial charge in [0.15, 0.2) is 11.6 Å². The Bertz CT molecular complexity index is 373. The molecule has 84 valence electrons. The zero-order chi connectivity index (χ0) is 11.6. The number of benzene rings is 1. The monoisotopic (exact) mass is 237 g/mol. The van der Waals surface area contributed by atoms with Crippen molar-refractivity contribution in [3.63, 3.8) is 0 Å². The summed E-state index contributed by atoms with van der Waals surface area (Å²) in [4.78, 5) is -0.388. The van der Waals surface area contributed by atoms with Crippen molar-refractivity contribution >= 4 is 11.8 Å². The van der Waals surface area contributed by atoms with Gasteiger partial charge in [-0.3, -0.25) is 0 Å². The van der Waals surface area contributed by atoms with E-state index in [-0.39, 0.29) is 10.5 Å². The minimum absolute atomic E-state index is 0.356. The third-order valence-corrected chi connectivity index (χ3v) is 2.73. The normalized spacial score (nSPS) is 12.9. The molecule has 0 heterocycles. The largest absolute Gasteiger partial charge is 0.394 e. The van der Waals surface area contributed by atoms with E-state index >= 15 is 0 Å². The van der Waals surface area contributed by atoms with Crippen LogP contribution < -0.4 is 5.73 Å². The standard InChI is InChI=1S/C9H10F3NOS/c1-15-9-5(10)2-4(6(13)3-14)7(11)8(9)12/h2,6,14H,3,13H2,1H3. The van der Waals surface area contributed by atoms with E-state index in [9.17, 15) is 13.2 Å². The zero-order valence-electron chi connectivity index (χ0n) is 7.93. The molecule has 1 unspecified atom stereocenters. The Labute approximate surface area is 89.3 Å². The molecule has 15 heavy (non-hydrogen) atoms. The van der Waals surface area contributed by atoms with Crippen LogP contribution in [-0.2, 0) is 0 Å². The highest BCUT2D eigenvalue weighted by Crippen LogP contribution is 2.29. The fraction of sp³-hybridized carbons (Fsp3) is 0.333. The summed E-state index contributed by atoms with van der Waals surface area (Å²) >= 11 is 0.771. The maximum Gasteiger partial charge on any atom is 0.175 e. The van der Waals surface area contributed by atoms with Crippen LogP contribution in [-0.4, -0.2) is 18.0 Å². The maximum absolute atomic E-state index is 13.3. The molecule has 0 amide bonds. The van der Waals surface area contributed by atoms with Crippen molar-refractivity contribution in [2.75, 3.05) is 12.9 Å². The zero-order valence-corrected chi connectivity index (χ0v) is 8.75. The Hall–Kier alpha value is -0.720. The van der Waals surface area contributed by atoms with E-state index < -0.39 is 30.1 Å². The van der Waals surface area contributed by atoms with E-state index in [1.54, 1.807) is 0 Å². The number of hydrogen-bond donors (Lipinski definition) is 2. The Morgan fingerprint density at radius 2 is 2.00 bits per heavy atom. The average Bonchev–Trinajstić information content (AvgIpc) is 2.23. The summed E-state index contributed by atoms with van der Waals surface area (Å²) in [5.41, 5.74) is 4.94. The lowest BCUT2D eigenvalue weighted by atomic mass is 10.1. The van der Waals surface area contributed by atoms with E-state index in [4.69, 9.17) is 10.8 Å². The van der Waals surface area contributed by atoms with Crippen molar-refractivity contribution in [3.05, 3.63) is 29.1 Å². The van der Waals surface area contributed by atoms with Crippen molar-refractivity contribution in [2.45, 2.75) is 10.9 Å². The second kappa shape index (κ2) is 4.87. The maximum atomic E-state index is 13.3. The Morgan fingerprint density at radius 1 is 1.40 bits per heavy atom. The van der Waals surface area contributed by atoms with Gasteiger partial charge in [0.25, 0.3) is 0 Å². The van der Waals surface area contributed by atoms with Gasteiger partial charge in [-0.2, -0.15) is 0 Å². The van der Waals surface area contributed by atoms with Gasteiger partial charge >= 0.3 is 0 Å². The summed E-state index contributed by atoms with van der Waals surface area (Å²) in [5, 5.41) is 8.68. The Balaban J connectivity index is 3.33. The first-order valence-electron chi connectivity index (χ1n) is 4.10. The number of halogens is 3. The minimum Gasteiger partial charge on any atom is -0.394 e. The van der Waals surface area contributed by atoms with Crippen LogP contribution in [0.1, 0.15) is 11.6 Å². The number of aliphatic hydroxyl groups excluding tert-OH is 1. The third-order valence-electron chi connectivity index (χ3n) is 1.94. The summed E-state index contributed by atoms with van der Waals surface area (Å²) in [6.07, 6.45) is 1.44. The number of thioether (sulfide) groups is 1. The summed E-state index contributed by atoms with van der Waals surface area (Å²) < 4.78 is 39.8. The summed E-state index contributed by atoms with van der Waals surface area (Å²) in [6, 6.07) is -0.310. The molecule has 1 aromatic carbocycles. The SMILES string of the molecule is CSc1c(F)cc(C(N)CO)c(F)c1F. The fourth-order valence-electron chi connectivity index (χ4n) is 1.15. The number of rotatable bonds is 3. The van der Waals surface area contributed by atoms with E-state index in [0.29, 0.717) is 0 Å². The molecule has 0 saturated carbocycles. The molecule has 0 saturated heterocycles. The summed E-state index contributed by atoms with van der Waals surface area (Å²) in [7, 11) is 0. The van der Waals surface area contributed by atoms with Gasteiger partial charge in [0.1, 0.15) is 5.82 Å². The van der Waals surface area contributed by atoms with Gasteiger partial charge in [-0.25, -0.2) is 13.2 Å². The van der Waals surface area contributed by atoms with Crippen LogP contribution in [0.25, 0.3) is 0 Å². The molecule has 0 bridgehead atoms. The smallest absolute Gasteiger partial charge is 0.175 e. The lowest BCUT2D eigenvalue weighted by Crippen LogP contribution is -2.17. The van der Waals surface area contributed by atoms with E-state index in [1.807, 2.05) is 0 Å². The van der Waals surface area contributed by atoms with Crippen LogP contribution in [0.5, 0.6) is 0 Å². The molecule has 0 radical (unpaired) electrons. The molecule has 3 N–H and O–H groups in total. The van der Waals surface area contributed by atoms with Gasteiger partial charge in [-0.15, -0.1) is 11.8 Å².